The van der Waals surface area contributed by atoms with Crippen LogP contribution in [-0.2, 0) is 20.6 Å². The Morgan fingerprint density at radius 1 is 1.24 bits per heavy atom. The predicted octanol–water partition coefficient (Wildman–Crippen LogP) is 4.31. The average molecular weight is 491 g/mol. The van der Waals surface area contributed by atoms with Crippen molar-refractivity contribution in [2.45, 2.75) is 96.0 Å². The second kappa shape index (κ2) is 10.4. The smallest absolute Gasteiger partial charge is 0.410 e. The van der Waals surface area contributed by atoms with Crippen LogP contribution in [0.2, 0.25) is 18.1 Å². The van der Waals surface area contributed by atoms with Gasteiger partial charge in [-0.1, -0.05) is 57.5 Å². The van der Waals surface area contributed by atoms with E-state index < -0.39 is 20.5 Å². The first kappa shape index (κ1) is 26.7. The standard InChI is InChI=1S/C26H42N2O5Si/c1-17(33-34(6,7)26(2,3)4)21-22(27-24(21)30)19-14-11-15-20(23(19)29)28(5)25(31)32-16-18-12-9-8-10-13-18/h8-10,12-13,17,19-23,29H,11,14-16H2,1-7H3,(H,27,30)/t17-,19-,20+,21-,22-,23+/m1/s1. The quantitative estimate of drug-likeness (QED) is 0.439. The molecule has 0 aromatic heterocycles. The van der Waals surface area contributed by atoms with Crippen molar-refractivity contribution < 1.29 is 23.9 Å². The van der Waals surface area contributed by atoms with E-state index in [0.29, 0.717) is 6.42 Å². The Bertz CT molecular complexity index is 856. The summed E-state index contributed by atoms with van der Waals surface area (Å²) >= 11 is 0. The first-order chi connectivity index (χ1) is 15.8. The van der Waals surface area contributed by atoms with E-state index in [1.54, 1.807) is 7.05 Å². The van der Waals surface area contributed by atoms with E-state index in [1.807, 2.05) is 37.3 Å². The first-order valence-corrected chi connectivity index (χ1v) is 15.3. The topological polar surface area (TPSA) is 88.1 Å². The van der Waals surface area contributed by atoms with Gasteiger partial charge in [0, 0.05) is 19.0 Å². The number of benzene rings is 1. The fraction of sp³-hybridized carbons (Fsp3) is 0.692. The van der Waals surface area contributed by atoms with Gasteiger partial charge >= 0.3 is 6.09 Å². The van der Waals surface area contributed by atoms with E-state index in [9.17, 15) is 14.7 Å². The normalized spacial score (nSPS) is 28.5. The lowest BCUT2D eigenvalue weighted by Gasteiger charge is -2.51. The highest BCUT2D eigenvalue weighted by Crippen LogP contribution is 2.41. The Labute approximate surface area is 205 Å². The van der Waals surface area contributed by atoms with Crippen LogP contribution in [0.3, 0.4) is 0 Å². The first-order valence-electron chi connectivity index (χ1n) is 12.4. The summed E-state index contributed by atoms with van der Waals surface area (Å²) in [7, 11) is -0.350. The number of ether oxygens (including phenoxy) is 1. The van der Waals surface area contributed by atoms with Gasteiger partial charge < -0.3 is 24.5 Å². The van der Waals surface area contributed by atoms with Gasteiger partial charge in [0.05, 0.1) is 24.2 Å². The zero-order valence-electron chi connectivity index (χ0n) is 21.7. The monoisotopic (exact) mass is 490 g/mol. The van der Waals surface area contributed by atoms with Gasteiger partial charge in [-0.25, -0.2) is 4.79 Å². The molecule has 0 bridgehead atoms. The molecule has 1 saturated carbocycles. The molecule has 1 aliphatic carbocycles. The Morgan fingerprint density at radius 2 is 1.88 bits per heavy atom. The molecule has 34 heavy (non-hydrogen) atoms. The van der Waals surface area contributed by atoms with Crippen molar-refractivity contribution in [2.24, 2.45) is 11.8 Å². The maximum Gasteiger partial charge on any atom is 0.410 e. The number of carbonyl (C=O) groups excluding carboxylic acids is 2. The van der Waals surface area contributed by atoms with Crippen molar-refractivity contribution in [3.05, 3.63) is 35.9 Å². The molecule has 2 amide bonds. The minimum absolute atomic E-state index is 0.0128. The highest BCUT2D eigenvalue weighted by Gasteiger charge is 2.53. The zero-order valence-corrected chi connectivity index (χ0v) is 22.7. The van der Waals surface area contributed by atoms with Gasteiger partial charge in [-0.05, 0) is 43.5 Å². The van der Waals surface area contributed by atoms with Crippen LogP contribution < -0.4 is 5.32 Å². The summed E-state index contributed by atoms with van der Waals surface area (Å²) in [6, 6.07) is 9.04. The Kier molecular flexibility index (Phi) is 8.15. The fourth-order valence-electron chi connectivity index (χ4n) is 4.97. The van der Waals surface area contributed by atoms with Gasteiger partial charge in [-0.3, -0.25) is 4.79 Å². The minimum atomic E-state index is -2.03. The number of hydrogen-bond acceptors (Lipinski definition) is 5. The van der Waals surface area contributed by atoms with Crippen molar-refractivity contribution in [1.82, 2.24) is 10.2 Å². The molecule has 1 saturated heterocycles. The van der Waals surface area contributed by atoms with Gasteiger partial charge in [0.15, 0.2) is 8.32 Å². The molecule has 3 rings (SSSR count). The van der Waals surface area contributed by atoms with E-state index in [-0.39, 0.29) is 47.6 Å². The van der Waals surface area contributed by atoms with Crippen molar-refractivity contribution in [3.8, 4) is 0 Å². The van der Waals surface area contributed by atoms with Crippen molar-refractivity contribution in [2.75, 3.05) is 7.05 Å². The van der Waals surface area contributed by atoms with Crippen LogP contribution in [0.4, 0.5) is 4.79 Å². The van der Waals surface area contributed by atoms with Gasteiger partial charge in [0.1, 0.15) is 6.61 Å². The number of nitrogens with one attached hydrogen (secondary N) is 1. The molecule has 2 aliphatic rings. The number of hydrogen-bond donors (Lipinski definition) is 2. The number of carbonyl (C=O) groups is 2. The molecule has 8 heteroatoms. The van der Waals surface area contributed by atoms with Crippen LogP contribution in [0.5, 0.6) is 0 Å². The van der Waals surface area contributed by atoms with E-state index in [2.05, 4.69) is 39.2 Å². The van der Waals surface area contributed by atoms with E-state index in [0.717, 1.165) is 18.4 Å². The van der Waals surface area contributed by atoms with Gasteiger partial charge in [-0.2, -0.15) is 0 Å². The molecule has 6 atom stereocenters. The predicted molar refractivity (Wildman–Crippen MR) is 135 cm³/mol. The van der Waals surface area contributed by atoms with Crippen LogP contribution >= 0.6 is 0 Å². The van der Waals surface area contributed by atoms with E-state index in [1.165, 1.54) is 4.90 Å². The lowest BCUT2D eigenvalue weighted by atomic mass is 9.69. The molecule has 7 nitrogen and oxygen atoms in total. The number of amides is 2. The zero-order chi connectivity index (χ0) is 25.3. The number of likely N-dealkylation sites (N-methyl/N-ethyl adjacent to an activating group) is 1. The van der Waals surface area contributed by atoms with Gasteiger partial charge in [-0.15, -0.1) is 0 Å². The number of nitrogens with zero attached hydrogens (tertiary/aromatic N) is 1. The molecule has 0 radical (unpaired) electrons. The molecular formula is C26H42N2O5Si. The average Bonchev–Trinajstić information content (AvgIpc) is 2.75. The molecule has 2 N–H and O–H groups in total. The summed E-state index contributed by atoms with van der Waals surface area (Å²) in [4.78, 5) is 26.8. The second-order valence-corrected chi connectivity index (χ2v) is 16.2. The van der Waals surface area contributed by atoms with Crippen molar-refractivity contribution in [1.29, 1.82) is 0 Å². The molecule has 1 aromatic rings. The molecule has 190 valence electrons. The van der Waals surface area contributed by atoms with Crippen LogP contribution in [0.1, 0.15) is 52.5 Å². The maximum absolute atomic E-state index is 12.7. The Morgan fingerprint density at radius 3 is 2.47 bits per heavy atom. The molecule has 1 aliphatic heterocycles. The number of aliphatic hydroxyl groups excluding tert-OH is 1. The SMILES string of the molecule is C[C@@H](O[Si](C)(C)C(C)(C)C)[C@H]1C(=O)N[C@@H]1[C@H]1CCC[C@H](N(C)C(=O)OCc2ccccc2)[C@H]1O. The lowest BCUT2D eigenvalue weighted by Crippen LogP contribution is -2.69. The minimum Gasteiger partial charge on any atom is -0.445 e. The number of rotatable bonds is 7. The summed E-state index contributed by atoms with van der Waals surface area (Å²) in [5.74, 6) is -0.430. The second-order valence-electron chi connectivity index (χ2n) is 11.4. The molecular weight excluding hydrogens is 448 g/mol. The van der Waals surface area contributed by atoms with E-state index >= 15 is 0 Å². The van der Waals surface area contributed by atoms with Crippen LogP contribution in [-0.4, -0.2) is 61.7 Å². The maximum atomic E-state index is 12.7. The summed E-state index contributed by atoms with van der Waals surface area (Å²) < 4.78 is 12.0. The Balaban J connectivity index is 1.63. The third-order valence-electron chi connectivity index (χ3n) is 8.11. The number of β-lactam (4-membered cyclic amide) rings is 1. The van der Waals surface area contributed by atoms with Crippen LogP contribution in [0.15, 0.2) is 30.3 Å². The number of aliphatic hydroxyl groups is 1. The van der Waals surface area contributed by atoms with Crippen LogP contribution in [0, 0.1) is 11.8 Å². The lowest BCUT2D eigenvalue weighted by molar-refractivity contribution is -0.146. The molecule has 1 aromatic carbocycles. The van der Waals surface area contributed by atoms with E-state index in [4.69, 9.17) is 9.16 Å². The fourth-order valence-corrected chi connectivity index (χ4v) is 6.40. The third kappa shape index (κ3) is 5.66. The highest BCUT2D eigenvalue weighted by molar-refractivity contribution is 6.74. The van der Waals surface area contributed by atoms with Crippen molar-refractivity contribution >= 4 is 20.3 Å². The summed E-state index contributed by atoms with van der Waals surface area (Å²) in [5.41, 5.74) is 0.919. The molecule has 0 unspecified atom stereocenters. The summed E-state index contributed by atoms with van der Waals surface area (Å²) in [5, 5.41) is 14.4. The molecule has 2 fully saturated rings. The Hall–Kier alpha value is -1.90. The van der Waals surface area contributed by atoms with Crippen LogP contribution in [0.25, 0.3) is 0 Å². The highest BCUT2D eigenvalue weighted by atomic mass is 28.4. The summed E-state index contributed by atoms with van der Waals surface area (Å²) in [6.45, 7) is 13.1. The molecule has 1 heterocycles. The summed E-state index contributed by atoms with van der Waals surface area (Å²) in [6.07, 6.45) is 0.975. The molecule has 0 spiro atoms. The van der Waals surface area contributed by atoms with Gasteiger partial charge in [0.25, 0.3) is 0 Å². The van der Waals surface area contributed by atoms with Crippen molar-refractivity contribution in [3.63, 3.8) is 0 Å². The largest absolute Gasteiger partial charge is 0.445 e. The van der Waals surface area contributed by atoms with Gasteiger partial charge in [0.2, 0.25) is 5.91 Å². The third-order valence-corrected chi connectivity index (χ3v) is 12.7.